The molecular weight excluding hydrogens is 506 g/mol. The van der Waals surface area contributed by atoms with E-state index in [-0.39, 0.29) is 5.41 Å². The number of pyridine rings is 1. The van der Waals surface area contributed by atoms with E-state index in [1.54, 1.807) is 0 Å². The zero-order valence-corrected chi connectivity index (χ0v) is 20.3. The molecule has 1 aromatic heterocycles. The Morgan fingerprint density at radius 3 is 1.91 bits per heavy atom. The number of hydrogen-bond acceptors (Lipinski definition) is 4. The van der Waals surface area contributed by atoms with Gasteiger partial charge in [0.1, 0.15) is 0 Å². The molecule has 0 saturated carbocycles. The zero-order chi connectivity index (χ0) is 23.8. The Labute approximate surface area is 203 Å². The number of hydrogen-bond donors (Lipinski definition) is 0. The molecule has 3 aromatic carbocycles. The molecule has 168 valence electrons. The standard InChI is InChI=1S/C26H21BrN.ClHO4/c1-26(2)22-10-6-7-11-23(22)28-24(19-8-4-3-5-9-19)16-20(17-25(26)28)18-12-14-21(27)15-13-18;2-1(3,4)5/h3-17H,1-2H3;(H,2,3,4,5)/q+1;/p-1. The molecule has 5 nitrogen and oxygen atoms in total. The first-order chi connectivity index (χ1) is 15.6. The molecule has 0 radical (unpaired) electrons. The molecule has 1 aliphatic rings. The number of rotatable bonds is 2. The van der Waals surface area contributed by atoms with Crippen molar-refractivity contribution in [2.24, 2.45) is 0 Å². The lowest BCUT2D eigenvalue weighted by Crippen LogP contribution is -2.68. The lowest BCUT2D eigenvalue weighted by atomic mass is 9.82. The van der Waals surface area contributed by atoms with Crippen LogP contribution in [0.3, 0.4) is 0 Å². The summed E-state index contributed by atoms with van der Waals surface area (Å²) >= 11 is 3.55. The first-order valence-corrected chi connectivity index (χ1v) is 12.2. The fourth-order valence-corrected chi connectivity index (χ4v) is 4.54. The van der Waals surface area contributed by atoms with Gasteiger partial charge in [0.2, 0.25) is 11.4 Å². The maximum absolute atomic E-state index is 8.49. The predicted molar refractivity (Wildman–Crippen MR) is 119 cm³/mol. The van der Waals surface area contributed by atoms with Crippen LogP contribution in [0.5, 0.6) is 0 Å². The molecule has 5 rings (SSSR count). The Balaban J connectivity index is 0.000000471. The summed E-state index contributed by atoms with van der Waals surface area (Å²) in [5, 5.41) is 0. The van der Waals surface area contributed by atoms with E-state index in [0.29, 0.717) is 0 Å². The summed E-state index contributed by atoms with van der Waals surface area (Å²) in [6.07, 6.45) is 0. The Morgan fingerprint density at radius 1 is 0.697 bits per heavy atom. The van der Waals surface area contributed by atoms with Gasteiger partial charge in [-0.05, 0) is 49.2 Å². The average Bonchev–Trinajstić information content (AvgIpc) is 3.01. The summed E-state index contributed by atoms with van der Waals surface area (Å²) in [5.41, 5.74) is 8.88. The van der Waals surface area contributed by atoms with Crippen LogP contribution in [0.2, 0.25) is 0 Å². The second-order valence-electron chi connectivity index (χ2n) is 8.24. The topological polar surface area (TPSA) is 96.1 Å². The molecule has 7 heteroatoms. The van der Waals surface area contributed by atoms with Gasteiger partial charge in [-0.25, -0.2) is 18.6 Å². The van der Waals surface area contributed by atoms with Crippen LogP contribution in [-0.4, -0.2) is 0 Å². The van der Waals surface area contributed by atoms with E-state index < -0.39 is 10.2 Å². The third-order valence-corrected chi connectivity index (χ3v) is 6.30. The molecule has 0 saturated heterocycles. The summed E-state index contributed by atoms with van der Waals surface area (Å²) in [7, 11) is -4.94. The maximum atomic E-state index is 8.49. The average molecular weight is 527 g/mol. The Morgan fingerprint density at radius 2 is 1.27 bits per heavy atom. The highest BCUT2D eigenvalue weighted by Gasteiger charge is 2.45. The van der Waals surface area contributed by atoms with Crippen LogP contribution in [0, 0.1) is 10.2 Å². The molecule has 0 spiro atoms. The fraction of sp³-hybridized carbons (Fsp3) is 0.115. The molecule has 0 bridgehead atoms. The number of benzene rings is 3. The number of fused-ring (bicyclic) bond motifs is 3. The third-order valence-electron chi connectivity index (χ3n) is 5.77. The summed E-state index contributed by atoms with van der Waals surface area (Å²) in [4.78, 5) is 0. The Hall–Kier alpha value is -2.58. The van der Waals surface area contributed by atoms with Gasteiger partial charge in [-0.2, -0.15) is 4.57 Å². The quantitative estimate of drug-likeness (QED) is 0.373. The van der Waals surface area contributed by atoms with Crippen LogP contribution in [0.1, 0.15) is 25.1 Å². The highest BCUT2D eigenvalue weighted by molar-refractivity contribution is 9.10. The highest BCUT2D eigenvalue weighted by Crippen LogP contribution is 2.41. The summed E-state index contributed by atoms with van der Waals surface area (Å²) in [5.74, 6) is 0. The fourth-order valence-electron chi connectivity index (χ4n) is 4.28. The molecule has 2 heterocycles. The summed E-state index contributed by atoms with van der Waals surface area (Å²) in [6, 6.07) is 32.7. The van der Waals surface area contributed by atoms with Crippen molar-refractivity contribution in [3.05, 3.63) is 107 Å². The molecule has 0 unspecified atom stereocenters. The first-order valence-electron chi connectivity index (χ1n) is 10.2. The Kier molecular flexibility index (Phi) is 6.42. The second kappa shape index (κ2) is 8.99. The van der Waals surface area contributed by atoms with Gasteiger partial charge in [-0.15, -0.1) is 10.2 Å². The van der Waals surface area contributed by atoms with Crippen LogP contribution >= 0.6 is 15.9 Å². The van der Waals surface area contributed by atoms with E-state index in [1.807, 2.05) is 0 Å². The molecule has 0 fully saturated rings. The summed E-state index contributed by atoms with van der Waals surface area (Å²) < 4.78 is 37.5. The molecule has 1 aliphatic heterocycles. The monoisotopic (exact) mass is 525 g/mol. The maximum Gasteiger partial charge on any atom is 0.219 e. The van der Waals surface area contributed by atoms with Crippen LogP contribution < -0.4 is 23.2 Å². The van der Waals surface area contributed by atoms with Gasteiger partial charge in [-0.1, -0.05) is 64.5 Å². The van der Waals surface area contributed by atoms with Crippen molar-refractivity contribution in [3.63, 3.8) is 0 Å². The second-order valence-corrected chi connectivity index (χ2v) is 9.91. The van der Waals surface area contributed by atoms with Crippen LogP contribution in [0.25, 0.3) is 28.1 Å². The van der Waals surface area contributed by atoms with Crippen LogP contribution in [-0.2, 0) is 5.41 Å². The van der Waals surface area contributed by atoms with E-state index >= 15 is 0 Å². The molecule has 4 aromatic rings. The molecule has 33 heavy (non-hydrogen) atoms. The van der Waals surface area contributed by atoms with Crippen molar-refractivity contribution < 1.29 is 33.4 Å². The van der Waals surface area contributed by atoms with E-state index in [0.717, 1.165) is 4.47 Å². The van der Waals surface area contributed by atoms with Gasteiger partial charge >= 0.3 is 0 Å². The highest BCUT2D eigenvalue weighted by atomic mass is 79.9. The minimum atomic E-state index is -4.94. The number of halogens is 2. The van der Waals surface area contributed by atoms with Crippen molar-refractivity contribution in [1.29, 1.82) is 0 Å². The van der Waals surface area contributed by atoms with Gasteiger partial charge < -0.3 is 0 Å². The van der Waals surface area contributed by atoms with Crippen molar-refractivity contribution in [3.8, 4) is 28.1 Å². The van der Waals surface area contributed by atoms with Gasteiger partial charge in [0.15, 0.2) is 5.69 Å². The van der Waals surface area contributed by atoms with E-state index in [4.69, 9.17) is 18.6 Å². The minimum Gasteiger partial charge on any atom is -0.222 e. The molecule has 0 N–H and O–H groups in total. The summed E-state index contributed by atoms with van der Waals surface area (Å²) in [6.45, 7) is 4.65. The molecule has 0 atom stereocenters. The molecule has 0 amide bonds. The van der Waals surface area contributed by atoms with Crippen LogP contribution in [0.4, 0.5) is 0 Å². The van der Waals surface area contributed by atoms with Crippen LogP contribution in [0.15, 0.2) is 95.5 Å². The first kappa shape index (κ1) is 23.6. The third kappa shape index (κ3) is 5.01. The van der Waals surface area contributed by atoms with Crippen molar-refractivity contribution in [2.75, 3.05) is 0 Å². The van der Waals surface area contributed by atoms with Crippen molar-refractivity contribution in [2.45, 2.75) is 19.3 Å². The number of nitrogens with zero attached hydrogens (tertiary/aromatic N) is 1. The van der Waals surface area contributed by atoms with Gasteiger partial charge in [0, 0.05) is 33.8 Å². The van der Waals surface area contributed by atoms with Gasteiger partial charge in [-0.3, -0.25) is 0 Å². The van der Waals surface area contributed by atoms with E-state index in [1.165, 1.54) is 39.3 Å². The largest absolute Gasteiger partial charge is 0.222 e. The number of para-hydroxylation sites is 1. The molecular formula is C26H21BrClNO4. The normalized spacial score (nSPS) is 13.5. The lowest BCUT2D eigenvalue weighted by Gasteiger charge is -2.17. The SMILES string of the molecule is CC1(C)c2ccccc2-[n+]2c(-c3ccccc3)cc(-c3ccc(Br)cc3)cc21.[O-][Cl+3]([O-])([O-])[O-]. The van der Waals surface area contributed by atoms with E-state index in [9.17, 15) is 0 Å². The van der Waals surface area contributed by atoms with E-state index in [2.05, 4.69) is 125 Å². The van der Waals surface area contributed by atoms with Gasteiger partial charge in [0.25, 0.3) is 0 Å². The zero-order valence-electron chi connectivity index (χ0n) is 18.0. The Bertz CT molecular complexity index is 1280. The smallest absolute Gasteiger partial charge is 0.219 e. The van der Waals surface area contributed by atoms with Crippen molar-refractivity contribution in [1.82, 2.24) is 0 Å². The number of aromatic nitrogens is 1. The van der Waals surface area contributed by atoms with Crippen molar-refractivity contribution >= 4 is 15.9 Å². The predicted octanol–water partition coefficient (Wildman–Crippen LogP) is 1.94. The molecule has 0 aliphatic carbocycles. The lowest BCUT2D eigenvalue weighted by molar-refractivity contribution is -2.00. The minimum absolute atomic E-state index is 0.0501. The van der Waals surface area contributed by atoms with Gasteiger partial charge in [0.05, 0.1) is 5.41 Å².